The first-order chi connectivity index (χ1) is 13.4. The molecule has 0 aliphatic heterocycles. The molecule has 6 heteroatoms. The summed E-state index contributed by atoms with van der Waals surface area (Å²) >= 11 is 12.0. The number of hydrogen-bond acceptors (Lipinski definition) is 3. The van der Waals surface area contributed by atoms with Crippen LogP contribution in [0.5, 0.6) is 0 Å². The van der Waals surface area contributed by atoms with Gasteiger partial charge in [-0.3, -0.25) is 9.36 Å². The highest BCUT2D eigenvalue weighted by molar-refractivity contribution is 6.31. The third-order valence-electron chi connectivity index (χ3n) is 4.57. The van der Waals surface area contributed by atoms with Crippen LogP contribution in [0.3, 0.4) is 0 Å². The van der Waals surface area contributed by atoms with Gasteiger partial charge in [0.25, 0.3) is 0 Å². The second kappa shape index (κ2) is 7.23. The first-order valence-corrected chi connectivity index (χ1v) is 9.26. The van der Waals surface area contributed by atoms with E-state index in [4.69, 9.17) is 23.2 Å². The van der Waals surface area contributed by atoms with Crippen LogP contribution in [-0.4, -0.2) is 15.3 Å². The predicted octanol–water partition coefficient (Wildman–Crippen LogP) is 5.14. The molecule has 0 spiro atoms. The van der Waals surface area contributed by atoms with Gasteiger partial charge in [0, 0.05) is 39.2 Å². The average molecular weight is 409 g/mol. The molecular formula is C22H14Cl2N2O2. The number of hydrogen-bond donors (Lipinski definition) is 0. The van der Waals surface area contributed by atoms with Gasteiger partial charge in [-0.15, -0.1) is 0 Å². The van der Waals surface area contributed by atoms with E-state index in [2.05, 4.69) is 4.98 Å². The molecule has 4 nitrogen and oxygen atoms in total. The summed E-state index contributed by atoms with van der Waals surface area (Å²) in [6.45, 7) is 0. The maximum absolute atomic E-state index is 12.9. The Kier molecular flexibility index (Phi) is 4.75. The van der Waals surface area contributed by atoms with Gasteiger partial charge in [-0.2, -0.15) is 4.98 Å². The van der Waals surface area contributed by atoms with Crippen LogP contribution in [0.2, 0.25) is 10.0 Å². The average Bonchev–Trinajstić information content (AvgIpc) is 2.70. The zero-order valence-electron chi connectivity index (χ0n) is 14.8. The fraction of sp³-hybridized carbons (Fsp3) is 0.0455. The van der Waals surface area contributed by atoms with Crippen molar-refractivity contribution in [1.82, 2.24) is 9.55 Å². The van der Waals surface area contributed by atoms with Crippen molar-refractivity contribution in [3.8, 4) is 11.3 Å². The summed E-state index contributed by atoms with van der Waals surface area (Å²) in [6.07, 6.45) is 0. The number of fused-ring (bicyclic) bond motifs is 1. The molecule has 0 aliphatic rings. The third kappa shape index (κ3) is 3.33. The largest absolute Gasteiger partial charge is 0.348 e. The number of nitrogens with zero attached hydrogens (tertiary/aromatic N) is 2. The molecule has 0 radical (unpaired) electrons. The zero-order valence-corrected chi connectivity index (χ0v) is 16.3. The summed E-state index contributed by atoms with van der Waals surface area (Å²) in [6, 6.07) is 19.1. The smallest absolute Gasteiger partial charge is 0.295 e. The van der Waals surface area contributed by atoms with Crippen molar-refractivity contribution < 1.29 is 4.79 Å². The van der Waals surface area contributed by atoms with Crippen LogP contribution in [0.1, 0.15) is 15.9 Å². The fourth-order valence-corrected chi connectivity index (χ4v) is 3.43. The first-order valence-electron chi connectivity index (χ1n) is 8.51. The second-order valence-corrected chi connectivity index (χ2v) is 7.25. The molecule has 4 rings (SSSR count). The summed E-state index contributed by atoms with van der Waals surface area (Å²) in [5.74, 6) is -0.135. The second-order valence-electron chi connectivity index (χ2n) is 6.38. The van der Waals surface area contributed by atoms with Crippen LogP contribution in [0.4, 0.5) is 0 Å². The van der Waals surface area contributed by atoms with Crippen LogP contribution in [0.25, 0.3) is 22.2 Å². The molecule has 0 saturated carbocycles. The molecule has 0 fully saturated rings. The molecule has 1 aromatic heterocycles. The molecular weight excluding hydrogens is 395 g/mol. The van der Waals surface area contributed by atoms with Crippen molar-refractivity contribution >= 4 is 39.9 Å². The third-order valence-corrected chi connectivity index (χ3v) is 5.06. The zero-order chi connectivity index (χ0) is 19.8. The summed E-state index contributed by atoms with van der Waals surface area (Å²) in [5, 5.41) is 1.81. The number of aromatic nitrogens is 2. The minimum atomic E-state index is -0.376. The summed E-state index contributed by atoms with van der Waals surface area (Å²) in [5.41, 5.74) is 2.55. The Morgan fingerprint density at radius 3 is 2.32 bits per heavy atom. The van der Waals surface area contributed by atoms with E-state index in [9.17, 15) is 9.59 Å². The molecule has 138 valence electrons. The summed E-state index contributed by atoms with van der Waals surface area (Å²) in [7, 11) is 1.65. The number of halogens is 2. The lowest BCUT2D eigenvalue weighted by Crippen LogP contribution is -2.21. The van der Waals surface area contributed by atoms with Crippen molar-refractivity contribution in [1.29, 1.82) is 0 Å². The number of aryl methyl sites for hydroxylation is 1. The van der Waals surface area contributed by atoms with Gasteiger partial charge in [0.2, 0.25) is 0 Å². The topological polar surface area (TPSA) is 52.0 Å². The van der Waals surface area contributed by atoms with Crippen LogP contribution in [0, 0.1) is 0 Å². The first kappa shape index (κ1) is 18.4. The standard InChI is InChI=1S/C22H14Cl2N2O2/c1-26-19-10-7-15(21(27)13-5-8-16(23)9-6-13)12-18(19)20(25-22(26)28)14-3-2-4-17(24)11-14/h2-12H,1H3. The summed E-state index contributed by atoms with van der Waals surface area (Å²) in [4.78, 5) is 29.4. The molecule has 3 aromatic carbocycles. The lowest BCUT2D eigenvalue weighted by molar-refractivity contribution is 0.103. The van der Waals surface area contributed by atoms with E-state index < -0.39 is 0 Å². The number of ketones is 1. The lowest BCUT2D eigenvalue weighted by atomic mass is 9.99. The number of carbonyl (C=O) groups is 1. The molecule has 0 saturated heterocycles. The van der Waals surface area contributed by atoms with Crippen molar-refractivity contribution in [2.75, 3.05) is 0 Å². The van der Waals surface area contributed by atoms with Crippen molar-refractivity contribution in [3.05, 3.63) is 98.4 Å². The van der Waals surface area contributed by atoms with Gasteiger partial charge < -0.3 is 0 Å². The van der Waals surface area contributed by atoms with Gasteiger partial charge in [0.05, 0.1) is 11.2 Å². The van der Waals surface area contributed by atoms with Crippen molar-refractivity contribution in [2.24, 2.45) is 7.05 Å². The van der Waals surface area contributed by atoms with Gasteiger partial charge in [0.1, 0.15) is 0 Å². The number of rotatable bonds is 3. The molecule has 0 N–H and O–H groups in total. The van der Waals surface area contributed by atoms with E-state index in [1.165, 1.54) is 4.57 Å². The van der Waals surface area contributed by atoms with E-state index in [0.29, 0.717) is 43.3 Å². The molecule has 4 aromatic rings. The minimum absolute atomic E-state index is 0.135. The van der Waals surface area contributed by atoms with Gasteiger partial charge in [-0.05, 0) is 54.6 Å². The van der Waals surface area contributed by atoms with Gasteiger partial charge in [-0.1, -0.05) is 35.3 Å². The van der Waals surface area contributed by atoms with Crippen molar-refractivity contribution in [2.45, 2.75) is 0 Å². The Morgan fingerprint density at radius 2 is 1.61 bits per heavy atom. The van der Waals surface area contributed by atoms with Crippen LogP contribution < -0.4 is 5.69 Å². The molecule has 0 aliphatic carbocycles. The molecule has 0 unspecified atom stereocenters. The van der Waals surface area contributed by atoms with E-state index >= 15 is 0 Å². The SMILES string of the molecule is Cn1c(=O)nc(-c2cccc(Cl)c2)c2cc(C(=O)c3ccc(Cl)cc3)ccc21. The molecule has 1 heterocycles. The predicted molar refractivity (Wildman–Crippen MR) is 112 cm³/mol. The van der Waals surface area contributed by atoms with Gasteiger partial charge in [0.15, 0.2) is 5.78 Å². The molecule has 0 atom stereocenters. The van der Waals surface area contributed by atoms with Gasteiger partial charge in [-0.25, -0.2) is 4.79 Å². The molecule has 0 amide bonds. The van der Waals surface area contributed by atoms with Crippen molar-refractivity contribution in [3.63, 3.8) is 0 Å². The molecule has 0 bridgehead atoms. The Labute approximate surface area is 171 Å². The Morgan fingerprint density at radius 1 is 0.893 bits per heavy atom. The quantitative estimate of drug-likeness (QED) is 0.441. The highest BCUT2D eigenvalue weighted by atomic mass is 35.5. The monoisotopic (exact) mass is 408 g/mol. The van der Waals surface area contributed by atoms with E-state index in [-0.39, 0.29) is 11.5 Å². The lowest BCUT2D eigenvalue weighted by Gasteiger charge is -2.11. The van der Waals surface area contributed by atoms with Crippen LogP contribution in [-0.2, 0) is 7.05 Å². The normalized spacial score (nSPS) is 11.0. The molecule has 28 heavy (non-hydrogen) atoms. The highest BCUT2D eigenvalue weighted by Crippen LogP contribution is 2.28. The fourth-order valence-electron chi connectivity index (χ4n) is 3.12. The minimum Gasteiger partial charge on any atom is -0.295 e. The Balaban J connectivity index is 1.94. The Hall–Kier alpha value is -2.95. The maximum Gasteiger partial charge on any atom is 0.348 e. The Bertz CT molecular complexity index is 1280. The summed E-state index contributed by atoms with van der Waals surface area (Å²) < 4.78 is 1.46. The van der Waals surface area contributed by atoms with E-state index in [0.717, 1.165) is 0 Å². The highest BCUT2D eigenvalue weighted by Gasteiger charge is 2.15. The van der Waals surface area contributed by atoms with Crippen LogP contribution >= 0.6 is 23.2 Å². The number of carbonyl (C=O) groups excluding carboxylic acids is 1. The number of benzene rings is 3. The van der Waals surface area contributed by atoms with E-state index in [1.807, 2.05) is 6.07 Å². The van der Waals surface area contributed by atoms with E-state index in [1.54, 1.807) is 67.7 Å². The van der Waals surface area contributed by atoms with Crippen LogP contribution in [0.15, 0.2) is 71.5 Å². The van der Waals surface area contributed by atoms with Gasteiger partial charge >= 0.3 is 5.69 Å². The maximum atomic E-state index is 12.9.